The van der Waals surface area contributed by atoms with Gasteiger partial charge in [-0.05, 0) is 20.8 Å². The average Bonchev–Trinajstić information content (AvgIpc) is 2.52. The van der Waals surface area contributed by atoms with E-state index in [4.69, 9.17) is 10.7 Å². The Morgan fingerprint density at radius 3 is 1.00 bits per heavy atom. The first-order valence-electron chi connectivity index (χ1n) is 8.38. The Kier molecular flexibility index (Phi) is 13.0. The molecule has 0 aliphatic heterocycles. The number of hydrogen-bond acceptors (Lipinski definition) is 12. The maximum Gasteiger partial charge on any atom is 0.921 e. The van der Waals surface area contributed by atoms with Gasteiger partial charge in [0, 0.05) is 0 Å². The summed E-state index contributed by atoms with van der Waals surface area (Å²) in [4.78, 5) is 0. The van der Waals surface area contributed by atoms with Crippen LogP contribution in [-0.4, -0.2) is 102 Å². The molecule has 0 saturated carbocycles. The van der Waals surface area contributed by atoms with Crippen LogP contribution in [0.4, 0.5) is 0 Å². The normalized spacial score (nSPS) is 21.8. The van der Waals surface area contributed by atoms with E-state index >= 15 is 0 Å². The van der Waals surface area contributed by atoms with E-state index in [2.05, 4.69) is 0 Å². The average molecular weight is 486 g/mol. The van der Waals surface area contributed by atoms with Gasteiger partial charge in [0.1, 0.15) is 19.0 Å². The molecule has 0 spiro atoms. The van der Waals surface area contributed by atoms with Crippen LogP contribution in [0.1, 0.15) is 20.8 Å². The largest absolute Gasteiger partial charge is 0.921 e. The molecule has 168 valence electrons. The molecular weight excluding hydrogens is 456 g/mol. The molecule has 0 radical (unpaired) electrons. The summed E-state index contributed by atoms with van der Waals surface area (Å²) in [6.45, 7) is 3.84. The predicted molar refractivity (Wildman–Crippen MR) is 103 cm³/mol. The minimum atomic E-state index is -3.99. The first kappa shape index (κ1) is 28.9. The van der Waals surface area contributed by atoms with Crippen LogP contribution >= 0.6 is 22.1 Å². The standard InChI is InChI=1S/3C4H11O4P.Al/c3*1-4(6)2-9(7,8)3-5;/h3*4-6H,2-3H2,1H3,(H,7,8);/q;;;+3/p-3. The molecule has 0 heterocycles. The van der Waals surface area contributed by atoms with Crippen LogP contribution in [0.25, 0.3) is 0 Å². The Bertz CT molecular complexity index is 518. The zero-order valence-corrected chi connectivity index (χ0v) is 19.9. The summed E-state index contributed by atoms with van der Waals surface area (Å²) in [7, 11) is -12.0. The van der Waals surface area contributed by atoms with Crippen molar-refractivity contribution in [2.75, 3.05) is 37.5 Å². The van der Waals surface area contributed by atoms with Gasteiger partial charge in [-0.25, -0.2) is 0 Å². The van der Waals surface area contributed by atoms with Crippen molar-refractivity contribution in [3.63, 3.8) is 0 Å². The summed E-state index contributed by atoms with van der Waals surface area (Å²) in [6, 6.07) is 0. The lowest BCUT2D eigenvalue weighted by Gasteiger charge is -2.28. The number of rotatable bonds is 15. The molecule has 12 nitrogen and oxygen atoms in total. The third-order valence-corrected chi connectivity index (χ3v) is 14.3. The van der Waals surface area contributed by atoms with Crippen molar-refractivity contribution in [2.24, 2.45) is 0 Å². The third kappa shape index (κ3) is 11.3. The Morgan fingerprint density at radius 1 is 0.643 bits per heavy atom. The molecule has 0 aliphatic rings. The molecule has 0 aromatic rings. The Balaban J connectivity index is 5.78. The van der Waals surface area contributed by atoms with Crippen LogP contribution in [-0.2, 0) is 24.4 Å². The van der Waals surface area contributed by atoms with Gasteiger partial charge in [-0.3, -0.25) is 13.7 Å². The molecule has 0 saturated heterocycles. The van der Waals surface area contributed by atoms with Gasteiger partial charge >= 0.3 is 15.1 Å². The van der Waals surface area contributed by atoms with Crippen molar-refractivity contribution in [3.05, 3.63) is 0 Å². The smallest absolute Gasteiger partial charge is 0.403 e. The van der Waals surface area contributed by atoms with E-state index in [0.717, 1.165) is 0 Å². The van der Waals surface area contributed by atoms with Crippen molar-refractivity contribution < 1.29 is 55.1 Å². The third-order valence-electron chi connectivity index (χ3n) is 3.11. The highest BCUT2D eigenvalue weighted by atomic mass is 31.2. The second kappa shape index (κ2) is 12.7. The maximum absolute atomic E-state index is 12.6. The zero-order valence-electron chi connectivity index (χ0n) is 16.0. The van der Waals surface area contributed by atoms with Gasteiger partial charge in [-0.15, -0.1) is 0 Å². The van der Waals surface area contributed by atoms with E-state index < -0.39 is 93.1 Å². The van der Waals surface area contributed by atoms with E-state index in [1.165, 1.54) is 20.8 Å². The Morgan fingerprint density at radius 2 is 0.857 bits per heavy atom. The quantitative estimate of drug-likeness (QED) is 0.132. The van der Waals surface area contributed by atoms with Gasteiger partial charge < -0.3 is 41.4 Å². The molecule has 0 rings (SSSR count). The highest BCUT2D eigenvalue weighted by Gasteiger charge is 2.49. The number of aliphatic hydroxyl groups excluding tert-OH is 6. The fourth-order valence-electron chi connectivity index (χ4n) is 2.14. The summed E-state index contributed by atoms with van der Waals surface area (Å²) in [5.74, 6) is 0. The van der Waals surface area contributed by atoms with Crippen LogP contribution in [0.3, 0.4) is 0 Å². The van der Waals surface area contributed by atoms with Gasteiger partial charge in [-0.2, -0.15) is 0 Å². The lowest BCUT2D eigenvalue weighted by molar-refractivity contribution is 0.201. The lowest BCUT2D eigenvalue weighted by Crippen LogP contribution is -2.30. The topological polar surface area (TPSA) is 200 Å². The van der Waals surface area contributed by atoms with E-state index in [9.17, 15) is 44.3 Å². The molecule has 0 aliphatic carbocycles. The summed E-state index contributed by atoms with van der Waals surface area (Å²) in [5.41, 5.74) is 0. The van der Waals surface area contributed by atoms with Crippen LogP contribution < -0.4 is 0 Å². The minimum absolute atomic E-state index is 0.515. The number of hydrogen-bond donors (Lipinski definition) is 6. The second-order valence-corrected chi connectivity index (χ2v) is 16.5. The van der Waals surface area contributed by atoms with E-state index in [1.54, 1.807) is 0 Å². The highest BCUT2D eigenvalue weighted by molar-refractivity contribution is 7.63. The van der Waals surface area contributed by atoms with Crippen LogP contribution in [0, 0.1) is 0 Å². The molecule has 6 N–H and O–H groups in total. The van der Waals surface area contributed by atoms with Crippen molar-refractivity contribution >= 4 is 37.3 Å². The van der Waals surface area contributed by atoms with Gasteiger partial charge in [-0.1, -0.05) is 0 Å². The monoisotopic (exact) mass is 486 g/mol. The molecule has 0 amide bonds. The van der Waals surface area contributed by atoms with Crippen molar-refractivity contribution in [2.45, 2.75) is 39.1 Å². The lowest BCUT2D eigenvalue weighted by atomic mass is 10.5. The SMILES string of the molecule is CC(O)CP(=O)(CO)[O][Al]([O]P(=O)(CO)CC(C)O)[O]P(=O)(CO)CC(C)O. The fraction of sp³-hybridized carbons (Fsp3) is 1.00. The molecule has 0 fully saturated rings. The molecule has 16 heteroatoms. The van der Waals surface area contributed by atoms with Crippen molar-refractivity contribution in [1.29, 1.82) is 0 Å². The first-order valence-corrected chi connectivity index (χ1v) is 15.8. The summed E-state index contributed by atoms with van der Waals surface area (Å²) in [6.07, 6.45) is -8.11. The van der Waals surface area contributed by atoms with Gasteiger partial charge in [0.2, 0.25) is 22.1 Å². The molecule has 0 aromatic carbocycles. The van der Waals surface area contributed by atoms with Gasteiger partial charge in [0.15, 0.2) is 0 Å². The van der Waals surface area contributed by atoms with Crippen LogP contribution in [0.15, 0.2) is 0 Å². The zero-order chi connectivity index (χ0) is 22.2. The summed E-state index contributed by atoms with van der Waals surface area (Å²) in [5, 5.41) is 56.5. The van der Waals surface area contributed by atoms with Crippen molar-refractivity contribution in [1.82, 2.24) is 0 Å². The molecule has 0 aromatic heterocycles. The van der Waals surface area contributed by atoms with E-state index in [0.29, 0.717) is 0 Å². The molecule has 6 atom stereocenters. The van der Waals surface area contributed by atoms with Gasteiger partial charge in [0.25, 0.3) is 0 Å². The van der Waals surface area contributed by atoms with Crippen LogP contribution in [0.5, 0.6) is 0 Å². The highest BCUT2D eigenvalue weighted by Crippen LogP contribution is 2.56. The Hall–Kier alpha value is 0.862. The maximum atomic E-state index is 12.6. The first-order chi connectivity index (χ1) is 12.7. The molecular formula is C12H30AlO12P3. The minimum Gasteiger partial charge on any atom is -0.403 e. The molecule has 28 heavy (non-hydrogen) atoms. The second-order valence-electron chi connectivity index (χ2n) is 6.57. The summed E-state index contributed by atoms with van der Waals surface area (Å²) < 4.78 is 53.4. The number of aliphatic hydroxyl groups is 6. The van der Waals surface area contributed by atoms with Gasteiger partial charge in [0.05, 0.1) is 36.8 Å². The molecule has 6 unspecified atom stereocenters. The van der Waals surface area contributed by atoms with E-state index in [-0.39, 0.29) is 0 Å². The predicted octanol–water partition coefficient (Wildman–Crippen LogP) is -0.153. The van der Waals surface area contributed by atoms with Crippen LogP contribution in [0.2, 0.25) is 0 Å². The Labute approximate surface area is 169 Å². The fourth-order valence-corrected chi connectivity index (χ4v) is 12.0. The van der Waals surface area contributed by atoms with Crippen molar-refractivity contribution in [3.8, 4) is 0 Å². The molecule has 0 bridgehead atoms. The summed E-state index contributed by atoms with van der Waals surface area (Å²) >= 11 is -3.94. The van der Waals surface area contributed by atoms with E-state index in [1.807, 2.05) is 0 Å².